The van der Waals surface area contributed by atoms with Gasteiger partial charge in [0.25, 0.3) is 10.0 Å². The summed E-state index contributed by atoms with van der Waals surface area (Å²) in [6, 6.07) is 0.437. The molecule has 1 aromatic heterocycles. The SMILES string of the molecule is CC(C)n1cnc(S(=O)(=O)NC[C@H]2CCCCN2)c1. The molecular formula is C12H22N4O2S. The topological polar surface area (TPSA) is 76.0 Å². The first-order valence-electron chi connectivity index (χ1n) is 6.75. The first-order valence-corrected chi connectivity index (χ1v) is 8.24. The molecule has 2 heterocycles. The molecule has 0 aliphatic carbocycles. The Balaban J connectivity index is 1.96. The average Bonchev–Trinajstić information content (AvgIpc) is 2.88. The van der Waals surface area contributed by atoms with Crippen LogP contribution in [0.1, 0.15) is 39.2 Å². The van der Waals surface area contributed by atoms with Gasteiger partial charge in [-0.05, 0) is 33.2 Å². The van der Waals surface area contributed by atoms with Crippen molar-refractivity contribution in [1.82, 2.24) is 19.6 Å². The quantitative estimate of drug-likeness (QED) is 0.842. The molecule has 19 heavy (non-hydrogen) atoms. The van der Waals surface area contributed by atoms with E-state index in [0.717, 1.165) is 19.4 Å². The molecule has 2 rings (SSSR count). The molecule has 1 saturated heterocycles. The van der Waals surface area contributed by atoms with Crippen LogP contribution in [0.5, 0.6) is 0 Å². The summed E-state index contributed by atoms with van der Waals surface area (Å²) in [4.78, 5) is 3.96. The largest absolute Gasteiger partial charge is 0.334 e. The zero-order chi connectivity index (χ0) is 13.9. The minimum atomic E-state index is -3.49. The summed E-state index contributed by atoms with van der Waals surface area (Å²) < 4.78 is 28.6. The van der Waals surface area contributed by atoms with Gasteiger partial charge >= 0.3 is 0 Å². The molecule has 1 aliphatic heterocycles. The Kier molecular flexibility index (Phi) is 4.59. The van der Waals surface area contributed by atoms with Crippen LogP contribution in [-0.2, 0) is 10.0 Å². The highest BCUT2D eigenvalue weighted by atomic mass is 32.2. The number of aromatic nitrogens is 2. The summed E-state index contributed by atoms with van der Waals surface area (Å²) in [6.07, 6.45) is 6.46. The summed E-state index contributed by atoms with van der Waals surface area (Å²) in [6.45, 7) is 5.36. The number of sulfonamides is 1. The normalized spacial score (nSPS) is 20.9. The van der Waals surface area contributed by atoms with Gasteiger partial charge in [-0.15, -0.1) is 0 Å². The van der Waals surface area contributed by atoms with Gasteiger partial charge in [-0.3, -0.25) is 0 Å². The molecule has 0 radical (unpaired) electrons. The average molecular weight is 286 g/mol. The molecule has 2 N–H and O–H groups in total. The molecule has 1 aromatic rings. The van der Waals surface area contributed by atoms with Gasteiger partial charge in [0.05, 0.1) is 6.33 Å². The maximum atomic E-state index is 12.1. The zero-order valence-corrected chi connectivity index (χ0v) is 12.3. The van der Waals surface area contributed by atoms with Gasteiger partial charge < -0.3 is 9.88 Å². The van der Waals surface area contributed by atoms with E-state index in [1.807, 2.05) is 13.8 Å². The second-order valence-corrected chi connectivity index (χ2v) is 6.97. The minimum Gasteiger partial charge on any atom is -0.334 e. The van der Waals surface area contributed by atoms with Crippen molar-refractivity contribution in [3.05, 3.63) is 12.5 Å². The Morgan fingerprint density at radius 1 is 1.53 bits per heavy atom. The van der Waals surface area contributed by atoms with E-state index in [4.69, 9.17) is 0 Å². The lowest BCUT2D eigenvalue weighted by Gasteiger charge is -2.23. The van der Waals surface area contributed by atoms with Gasteiger partial charge in [0.15, 0.2) is 5.03 Å². The molecule has 0 spiro atoms. The van der Waals surface area contributed by atoms with Crippen LogP contribution >= 0.6 is 0 Å². The molecule has 7 heteroatoms. The standard InChI is InChI=1S/C12H22N4O2S/c1-10(2)16-8-12(14-9-16)19(17,18)15-7-11-5-3-4-6-13-11/h8-11,13,15H,3-7H2,1-2H3/t11-/m1/s1. The van der Waals surface area contributed by atoms with E-state index in [1.165, 1.54) is 6.42 Å². The van der Waals surface area contributed by atoms with E-state index in [1.54, 1.807) is 17.1 Å². The van der Waals surface area contributed by atoms with Crippen molar-refractivity contribution in [2.75, 3.05) is 13.1 Å². The maximum Gasteiger partial charge on any atom is 0.259 e. The third kappa shape index (κ3) is 3.77. The van der Waals surface area contributed by atoms with Crippen molar-refractivity contribution in [2.24, 2.45) is 0 Å². The smallest absolute Gasteiger partial charge is 0.259 e. The Labute approximate surface area is 114 Å². The monoisotopic (exact) mass is 286 g/mol. The van der Waals surface area contributed by atoms with Crippen LogP contribution in [0.25, 0.3) is 0 Å². The van der Waals surface area contributed by atoms with Crippen LogP contribution in [0.3, 0.4) is 0 Å². The lowest BCUT2D eigenvalue weighted by molar-refractivity contribution is 0.398. The summed E-state index contributed by atoms with van der Waals surface area (Å²) in [7, 11) is -3.49. The molecule has 0 aromatic carbocycles. The van der Waals surface area contributed by atoms with Gasteiger partial charge in [0.1, 0.15) is 0 Å². The number of piperidine rings is 1. The van der Waals surface area contributed by atoms with E-state index < -0.39 is 10.0 Å². The van der Waals surface area contributed by atoms with Crippen LogP contribution in [0.15, 0.2) is 17.6 Å². The predicted octanol–water partition coefficient (Wildman–Crippen LogP) is 0.884. The number of rotatable bonds is 5. The Bertz CT molecular complexity index is 504. The molecule has 1 aliphatic rings. The van der Waals surface area contributed by atoms with Crippen molar-refractivity contribution in [3.63, 3.8) is 0 Å². The van der Waals surface area contributed by atoms with Crippen LogP contribution < -0.4 is 10.0 Å². The zero-order valence-electron chi connectivity index (χ0n) is 11.5. The number of hydrogen-bond donors (Lipinski definition) is 2. The molecule has 1 atom stereocenters. The van der Waals surface area contributed by atoms with E-state index in [0.29, 0.717) is 6.54 Å². The molecule has 6 nitrogen and oxygen atoms in total. The van der Waals surface area contributed by atoms with E-state index in [-0.39, 0.29) is 17.1 Å². The molecule has 108 valence electrons. The van der Waals surface area contributed by atoms with E-state index in [9.17, 15) is 8.42 Å². The maximum absolute atomic E-state index is 12.1. The minimum absolute atomic E-state index is 0.0945. The van der Waals surface area contributed by atoms with Crippen LogP contribution in [0.4, 0.5) is 0 Å². The van der Waals surface area contributed by atoms with Gasteiger partial charge in [-0.25, -0.2) is 18.1 Å². The van der Waals surface area contributed by atoms with Crippen molar-refractivity contribution < 1.29 is 8.42 Å². The number of nitrogens with zero attached hydrogens (tertiary/aromatic N) is 2. The van der Waals surface area contributed by atoms with Crippen LogP contribution in [0.2, 0.25) is 0 Å². The molecular weight excluding hydrogens is 264 g/mol. The predicted molar refractivity (Wildman–Crippen MR) is 73.4 cm³/mol. The molecule has 1 fully saturated rings. The van der Waals surface area contributed by atoms with Crippen molar-refractivity contribution >= 4 is 10.0 Å². The fourth-order valence-electron chi connectivity index (χ4n) is 2.12. The molecule has 0 amide bonds. The summed E-state index contributed by atoms with van der Waals surface area (Å²) in [5.74, 6) is 0. The summed E-state index contributed by atoms with van der Waals surface area (Å²) in [5, 5.41) is 3.41. The van der Waals surface area contributed by atoms with Gasteiger partial charge in [-0.2, -0.15) is 0 Å². The summed E-state index contributed by atoms with van der Waals surface area (Å²) in [5.41, 5.74) is 0. The fourth-order valence-corrected chi connectivity index (χ4v) is 3.14. The van der Waals surface area contributed by atoms with Crippen LogP contribution in [-0.4, -0.2) is 37.1 Å². The molecule has 0 unspecified atom stereocenters. The van der Waals surface area contributed by atoms with Gasteiger partial charge in [-0.1, -0.05) is 6.42 Å². The van der Waals surface area contributed by atoms with Crippen LogP contribution in [0, 0.1) is 0 Å². The van der Waals surface area contributed by atoms with Gasteiger partial charge in [0, 0.05) is 24.8 Å². The van der Waals surface area contributed by atoms with E-state index >= 15 is 0 Å². The third-order valence-corrected chi connectivity index (χ3v) is 4.69. The number of imidazole rings is 1. The lowest BCUT2D eigenvalue weighted by Crippen LogP contribution is -2.43. The first kappa shape index (κ1) is 14.5. The van der Waals surface area contributed by atoms with Crippen molar-refractivity contribution in [1.29, 1.82) is 0 Å². The Morgan fingerprint density at radius 3 is 2.89 bits per heavy atom. The first-order chi connectivity index (χ1) is 8.99. The summed E-state index contributed by atoms with van der Waals surface area (Å²) >= 11 is 0. The molecule has 0 saturated carbocycles. The second-order valence-electron chi connectivity index (χ2n) is 5.25. The lowest BCUT2D eigenvalue weighted by atomic mass is 10.1. The van der Waals surface area contributed by atoms with Gasteiger partial charge in [0.2, 0.25) is 0 Å². The third-order valence-electron chi connectivity index (χ3n) is 3.38. The number of hydrogen-bond acceptors (Lipinski definition) is 4. The number of nitrogens with one attached hydrogen (secondary N) is 2. The fraction of sp³-hybridized carbons (Fsp3) is 0.750. The second kappa shape index (κ2) is 6.02. The van der Waals surface area contributed by atoms with Crippen molar-refractivity contribution in [3.8, 4) is 0 Å². The highest BCUT2D eigenvalue weighted by Crippen LogP contribution is 2.11. The van der Waals surface area contributed by atoms with Crippen molar-refractivity contribution in [2.45, 2.75) is 50.2 Å². The highest BCUT2D eigenvalue weighted by Gasteiger charge is 2.20. The highest BCUT2D eigenvalue weighted by molar-refractivity contribution is 7.89. The molecule has 0 bridgehead atoms. The Morgan fingerprint density at radius 2 is 2.32 bits per heavy atom. The Hall–Kier alpha value is -0.920. The van der Waals surface area contributed by atoms with E-state index in [2.05, 4.69) is 15.0 Å².